The molecule has 1 heterocycles. The molecule has 2 aromatic rings. The van der Waals surface area contributed by atoms with Crippen molar-refractivity contribution in [3.05, 3.63) is 92.6 Å². The van der Waals surface area contributed by atoms with Gasteiger partial charge in [-0.05, 0) is 98.9 Å². The van der Waals surface area contributed by atoms with Gasteiger partial charge in [-0.2, -0.15) is 5.26 Å². The number of allylic oxidation sites excluding steroid dienone is 6. The summed E-state index contributed by atoms with van der Waals surface area (Å²) in [7, 11) is 0. The molecule has 2 unspecified atom stereocenters. The van der Waals surface area contributed by atoms with Gasteiger partial charge in [0.15, 0.2) is 0 Å². The summed E-state index contributed by atoms with van der Waals surface area (Å²) in [4.78, 5) is 2.53. The number of halogens is 2. The summed E-state index contributed by atoms with van der Waals surface area (Å²) in [5.41, 5.74) is 8.11. The van der Waals surface area contributed by atoms with Crippen LogP contribution in [0.15, 0.2) is 65.9 Å². The van der Waals surface area contributed by atoms with Crippen molar-refractivity contribution in [3.8, 4) is 6.07 Å². The van der Waals surface area contributed by atoms with Crippen LogP contribution in [0.4, 0.5) is 11.4 Å². The van der Waals surface area contributed by atoms with Crippen LogP contribution in [0.1, 0.15) is 193 Å². The van der Waals surface area contributed by atoms with Gasteiger partial charge in [0.05, 0.1) is 21.7 Å². The van der Waals surface area contributed by atoms with E-state index in [1.165, 1.54) is 124 Å². The summed E-state index contributed by atoms with van der Waals surface area (Å²) in [5.74, 6) is 0. The summed E-state index contributed by atoms with van der Waals surface area (Å²) in [6.45, 7) is 17.9. The van der Waals surface area contributed by atoms with Gasteiger partial charge in [-0.25, -0.2) is 0 Å². The van der Waals surface area contributed by atoms with Crippen LogP contribution in [0, 0.1) is 18.3 Å². The molecule has 0 aliphatic carbocycles. The van der Waals surface area contributed by atoms with Crippen molar-refractivity contribution in [2.75, 3.05) is 23.3 Å². The smallest absolute Gasteiger partial charge is 0.0991 e. The van der Waals surface area contributed by atoms with Crippen molar-refractivity contribution in [1.82, 2.24) is 0 Å². The zero-order valence-electron chi connectivity index (χ0n) is 36.6. The van der Waals surface area contributed by atoms with Crippen LogP contribution < -0.4 is 10.2 Å². The lowest BCUT2D eigenvalue weighted by molar-refractivity contribution is 0.411. The van der Waals surface area contributed by atoms with Crippen molar-refractivity contribution in [1.29, 1.82) is 5.26 Å². The zero-order valence-corrected chi connectivity index (χ0v) is 38.1. The summed E-state index contributed by atoms with van der Waals surface area (Å²) in [6, 6.07) is 13.6. The van der Waals surface area contributed by atoms with Crippen LogP contribution in [0.5, 0.6) is 0 Å². The molecule has 0 radical (unpaired) electrons. The van der Waals surface area contributed by atoms with Gasteiger partial charge in [0.2, 0.25) is 0 Å². The third kappa shape index (κ3) is 14.3. The second-order valence-corrected chi connectivity index (χ2v) is 18.0. The topological polar surface area (TPSA) is 39.1 Å². The van der Waals surface area contributed by atoms with Gasteiger partial charge >= 0.3 is 0 Å². The van der Waals surface area contributed by atoms with Crippen molar-refractivity contribution in [2.45, 2.75) is 194 Å². The number of anilines is 2. The predicted octanol–water partition coefficient (Wildman–Crippen LogP) is 16.9. The highest BCUT2D eigenvalue weighted by Crippen LogP contribution is 2.51. The van der Waals surface area contributed by atoms with E-state index in [2.05, 4.69) is 107 Å². The van der Waals surface area contributed by atoms with Gasteiger partial charge in [0, 0.05) is 35.6 Å². The fraction of sp³-hybridized carbons (Fsp3) is 0.627. The van der Waals surface area contributed by atoms with E-state index in [0.717, 1.165) is 57.3 Å². The van der Waals surface area contributed by atoms with Crippen molar-refractivity contribution in [2.24, 2.45) is 0 Å². The molecule has 0 fully saturated rings. The largest absolute Gasteiger partial charge is 0.385 e. The Balaban J connectivity index is 1.90. The van der Waals surface area contributed by atoms with E-state index in [1.54, 1.807) is 0 Å². The number of hydrogen-bond acceptors (Lipinski definition) is 3. The maximum atomic E-state index is 10.5. The Bertz CT molecular complexity index is 1600. The second kappa shape index (κ2) is 25.6. The Hall–Kier alpha value is -2.67. The fourth-order valence-corrected chi connectivity index (χ4v) is 9.03. The molecule has 0 amide bonds. The van der Waals surface area contributed by atoms with Crippen LogP contribution in [0.25, 0.3) is 0 Å². The average Bonchev–Trinajstić information content (AvgIpc) is 3.40. The Morgan fingerprint density at radius 1 is 0.804 bits per heavy atom. The normalized spacial score (nSPS) is 17.5. The van der Waals surface area contributed by atoms with Crippen molar-refractivity contribution >= 4 is 34.6 Å². The maximum absolute atomic E-state index is 10.5. The number of rotatable bonds is 28. The molecule has 3 rings (SSSR count). The monoisotopic (exact) mass is 802 g/mol. The minimum absolute atomic E-state index is 0.0934. The Labute approximate surface area is 354 Å². The minimum Gasteiger partial charge on any atom is -0.385 e. The number of nitrogens with one attached hydrogen (secondary N) is 1. The number of nitrogens with zero attached hydrogens (tertiary/aromatic N) is 2. The first-order chi connectivity index (χ1) is 27.1. The number of aryl methyl sites for hydroxylation is 1. The first kappa shape index (κ1) is 47.7. The number of nitriles is 1. The van der Waals surface area contributed by atoms with Crippen molar-refractivity contribution < 1.29 is 0 Å². The van der Waals surface area contributed by atoms with E-state index < -0.39 is 0 Å². The molecule has 310 valence electrons. The van der Waals surface area contributed by atoms with E-state index >= 15 is 0 Å². The molecule has 0 spiro atoms. The lowest BCUT2D eigenvalue weighted by Gasteiger charge is -2.32. The quantitative estimate of drug-likeness (QED) is 0.0529. The molecule has 5 heteroatoms. The molecular formula is C51H77Cl2N3. The van der Waals surface area contributed by atoms with Crippen LogP contribution >= 0.6 is 23.2 Å². The van der Waals surface area contributed by atoms with Crippen LogP contribution in [-0.2, 0) is 10.8 Å². The number of fused-ring (bicyclic) bond motifs is 1. The minimum atomic E-state index is -0.167. The Morgan fingerprint density at radius 2 is 1.41 bits per heavy atom. The zero-order chi connectivity index (χ0) is 40.8. The number of benzene rings is 2. The molecule has 3 nitrogen and oxygen atoms in total. The highest BCUT2D eigenvalue weighted by Gasteiger charge is 2.42. The third-order valence-electron chi connectivity index (χ3n) is 12.1. The first-order valence-electron chi connectivity index (χ1n) is 22.7. The molecule has 0 saturated heterocycles. The summed E-state index contributed by atoms with van der Waals surface area (Å²) in [5, 5.41) is 15.3. The molecule has 2 aromatic carbocycles. The van der Waals surface area contributed by atoms with E-state index in [-0.39, 0.29) is 10.8 Å². The van der Waals surface area contributed by atoms with Gasteiger partial charge in [0.25, 0.3) is 0 Å². The standard InChI is InChI=1S/C51H77Cl2N3/c1-8-12-14-16-18-20-22-24-32-50(6,43-38-45(52)46(53)39-47(43)55-35-10-3)33-26-27-42(40-54)29-31-49-51(7,34-25-23-21-19-17-15-13-9-2)44-37-41(5)28-30-48(44)56(49)36-11-4/h26-31,37-39,55H,8-25,32-36H2,1-7H3/b27-26+,42-29-,49-31+. The van der Waals surface area contributed by atoms with Crippen molar-refractivity contribution in [3.63, 3.8) is 0 Å². The number of hydrogen-bond donors (Lipinski definition) is 1. The fourth-order valence-electron chi connectivity index (χ4n) is 8.70. The molecule has 0 aromatic heterocycles. The second-order valence-electron chi connectivity index (χ2n) is 17.1. The lowest BCUT2D eigenvalue weighted by atomic mass is 9.74. The van der Waals surface area contributed by atoms with Crippen LogP contribution in [-0.4, -0.2) is 13.1 Å². The molecule has 1 aliphatic heterocycles. The molecule has 1 N–H and O–H groups in total. The molecule has 0 bridgehead atoms. The maximum Gasteiger partial charge on any atom is 0.0991 e. The summed E-state index contributed by atoms with van der Waals surface area (Å²) >= 11 is 13.3. The van der Waals surface area contributed by atoms with Gasteiger partial charge < -0.3 is 10.2 Å². The average molecular weight is 803 g/mol. The van der Waals surface area contributed by atoms with E-state index in [4.69, 9.17) is 23.2 Å². The Morgan fingerprint density at radius 3 is 2.02 bits per heavy atom. The SMILES string of the molecule is CCCCCCCCCCC(C)(C/C=C/C(C#N)=C/C=C1/N(CCC)c2ccc(C)cc2C1(C)CCCCCCCCCC)c1cc(Cl)c(Cl)cc1NCCC. The molecule has 56 heavy (non-hydrogen) atoms. The molecule has 0 saturated carbocycles. The van der Waals surface area contributed by atoms with Gasteiger partial charge in [-0.15, -0.1) is 0 Å². The molecule has 2 atom stereocenters. The number of unbranched alkanes of at least 4 members (excludes halogenated alkanes) is 14. The first-order valence-corrected chi connectivity index (χ1v) is 23.4. The lowest BCUT2D eigenvalue weighted by Crippen LogP contribution is -2.29. The molecule has 1 aliphatic rings. The van der Waals surface area contributed by atoms with Gasteiger partial charge in [0.1, 0.15) is 0 Å². The van der Waals surface area contributed by atoms with Crippen LogP contribution in [0.3, 0.4) is 0 Å². The van der Waals surface area contributed by atoms with Gasteiger partial charge in [-0.1, -0.05) is 184 Å². The van der Waals surface area contributed by atoms with Gasteiger partial charge in [-0.3, -0.25) is 0 Å². The van der Waals surface area contributed by atoms with E-state index in [1.807, 2.05) is 12.1 Å². The van der Waals surface area contributed by atoms with E-state index in [9.17, 15) is 5.26 Å². The van der Waals surface area contributed by atoms with Crippen LogP contribution in [0.2, 0.25) is 10.0 Å². The predicted molar refractivity (Wildman–Crippen MR) is 249 cm³/mol. The highest BCUT2D eigenvalue weighted by molar-refractivity contribution is 6.42. The molecular weight excluding hydrogens is 725 g/mol. The summed E-state index contributed by atoms with van der Waals surface area (Å²) < 4.78 is 0. The third-order valence-corrected chi connectivity index (χ3v) is 12.9. The Kier molecular flexibility index (Phi) is 21.8. The summed E-state index contributed by atoms with van der Waals surface area (Å²) in [6.07, 6.45) is 34.5. The van der Waals surface area contributed by atoms with E-state index in [0.29, 0.717) is 15.6 Å². The highest BCUT2D eigenvalue weighted by atomic mass is 35.5.